The molecule has 6 heteroatoms. The lowest BCUT2D eigenvalue weighted by molar-refractivity contribution is 0.103. The van der Waals surface area contributed by atoms with Gasteiger partial charge in [-0.2, -0.15) is 0 Å². The first-order chi connectivity index (χ1) is 9.24. The summed E-state index contributed by atoms with van der Waals surface area (Å²) in [5, 5.41) is 2.58. The van der Waals surface area contributed by atoms with Gasteiger partial charge in [0, 0.05) is 12.1 Å². The summed E-state index contributed by atoms with van der Waals surface area (Å²) >= 11 is 0. The van der Waals surface area contributed by atoms with Gasteiger partial charge < -0.3 is 25.3 Å². The molecule has 1 aliphatic heterocycles. The van der Waals surface area contributed by atoms with E-state index >= 15 is 0 Å². The zero-order chi connectivity index (χ0) is 13.7. The number of para-hydroxylation sites is 1. The second kappa shape index (κ2) is 6.29. The van der Waals surface area contributed by atoms with Crippen LogP contribution in [0.3, 0.4) is 0 Å². The fourth-order valence-electron chi connectivity index (χ4n) is 1.86. The maximum atomic E-state index is 10.9. The molecule has 1 amide bonds. The van der Waals surface area contributed by atoms with Crippen LogP contribution in [0.2, 0.25) is 0 Å². The average Bonchev–Trinajstić information content (AvgIpc) is 2.83. The van der Waals surface area contributed by atoms with Gasteiger partial charge in [0.2, 0.25) is 0 Å². The van der Waals surface area contributed by atoms with Crippen molar-refractivity contribution < 1.29 is 19.0 Å². The molecule has 1 aromatic carbocycles. The molecule has 1 atom stereocenters. The van der Waals surface area contributed by atoms with Crippen LogP contribution in [-0.2, 0) is 11.3 Å². The molecule has 1 unspecified atom stereocenters. The topological polar surface area (TPSA) is 82.8 Å². The Kier molecular flexibility index (Phi) is 4.46. The number of carbonyl (C=O) groups is 1. The molecule has 0 aromatic heterocycles. The summed E-state index contributed by atoms with van der Waals surface area (Å²) in [4.78, 5) is 10.9. The number of alkyl carbamates (subject to hydrolysis) is 1. The third-order valence-corrected chi connectivity index (χ3v) is 2.74. The summed E-state index contributed by atoms with van der Waals surface area (Å²) < 4.78 is 16.2. The molecule has 0 aliphatic carbocycles. The predicted molar refractivity (Wildman–Crippen MR) is 69.3 cm³/mol. The third-order valence-electron chi connectivity index (χ3n) is 2.74. The van der Waals surface area contributed by atoms with Gasteiger partial charge in [0.15, 0.2) is 17.6 Å². The molecule has 104 valence electrons. The van der Waals surface area contributed by atoms with Gasteiger partial charge in [0.25, 0.3) is 0 Å². The smallest absolute Gasteiger partial charge is 0.407 e. The highest BCUT2D eigenvalue weighted by Crippen LogP contribution is 2.31. The van der Waals surface area contributed by atoms with Crippen LogP contribution >= 0.6 is 0 Å². The van der Waals surface area contributed by atoms with E-state index in [9.17, 15) is 4.79 Å². The second-order valence-corrected chi connectivity index (χ2v) is 4.10. The van der Waals surface area contributed by atoms with E-state index in [0.29, 0.717) is 31.2 Å². The zero-order valence-electron chi connectivity index (χ0n) is 10.8. The summed E-state index contributed by atoms with van der Waals surface area (Å²) in [6.45, 7) is 3.54. The third kappa shape index (κ3) is 3.29. The molecule has 2 rings (SSSR count). The predicted octanol–water partition coefficient (Wildman–Crippen LogP) is 1.03. The van der Waals surface area contributed by atoms with Crippen LogP contribution in [0.4, 0.5) is 4.79 Å². The molecular weight excluding hydrogens is 248 g/mol. The van der Waals surface area contributed by atoms with E-state index in [1.807, 2.05) is 25.1 Å². The summed E-state index contributed by atoms with van der Waals surface area (Å²) in [6, 6.07) is 5.59. The van der Waals surface area contributed by atoms with Crippen molar-refractivity contribution in [2.75, 3.05) is 19.8 Å². The van der Waals surface area contributed by atoms with Crippen LogP contribution in [0.15, 0.2) is 18.2 Å². The molecule has 1 fully saturated rings. The van der Waals surface area contributed by atoms with Crippen molar-refractivity contribution in [3.05, 3.63) is 23.8 Å². The van der Waals surface area contributed by atoms with Gasteiger partial charge in [-0.15, -0.1) is 0 Å². The van der Waals surface area contributed by atoms with Crippen molar-refractivity contribution in [3.63, 3.8) is 0 Å². The molecule has 0 spiro atoms. The number of rotatable bonds is 6. The number of carbonyl (C=O) groups excluding carboxylic acids is 1. The molecule has 1 heterocycles. The van der Waals surface area contributed by atoms with E-state index in [1.54, 1.807) is 0 Å². The lowest BCUT2D eigenvalue weighted by atomic mass is 10.2. The van der Waals surface area contributed by atoms with E-state index in [2.05, 4.69) is 5.32 Å². The van der Waals surface area contributed by atoms with Crippen LogP contribution in [0.25, 0.3) is 0 Å². The Morgan fingerprint density at radius 3 is 2.95 bits per heavy atom. The minimum atomic E-state index is -0.411. The van der Waals surface area contributed by atoms with Crippen LogP contribution in [0, 0.1) is 0 Å². The van der Waals surface area contributed by atoms with Crippen molar-refractivity contribution in [1.82, 2.24) is 5.32 Å². The summed E-state index contributed by atoms with van der Waals surface area (Å²) in [6.07, 6.45) is -0.696. The first kappa shape index (κ1) is 13.5. The van der Waals surface area contributed by atoms with Crippen LogP contribution < -0.4 is 20.5 Å². The summed E-state index contributed by atoms with van der Waals surface area (Å²) in [7, 11) is 0. The number of amides is 1. The van der Waals surface area contributed by atoms with Crippen LogP contribution in [0.1, 0.15) is 12.5 Å². The van der Waals surface area contributed by atoms with Gasteiger partial charge in [-0.3, -0.25) is 0 Å². The van der Waals surface area contributed by atoms with E-state index < -0.39 is 6.09 Å². The number of nitrogens with two attached hydrogens (primary N) is 1. The number of hydrogen-bond donors (Lipinski definition) is 2. The fraction of sp³-hybridized carbons (Fsp3) is 0.462. The quantitative estimate of drug-likeness (QED) is 0.803. The fourth-order valence-corrected chi connectivity index (χ4v) is 1.86. The Labute approximate surface area is 111 Å². The number of benzene rings is 1. The SMILES string of the molecule is CCOc1cccc(CN)c1OCC1CNC(=O)O1. The molecular formula is C13H18N2O4. The lowest BCUT2D eigenvalue weighted by Gasteiger charge is -2.16. The molecule has 0 bridgehead atoms. The molecule has 19 heavy (non-hydrogen) atoms. The first-order valence-electron chi connectivity index (χ1n) is 6.26. The van der Waals surface area contributed by atoms with E-state index in [-0.39, 0.29) is 12.7 Å². The largest absolute Gasteiger partial charge is 0.490 e. The number of ether oxygens (including phenoxy) is 3. The van der Waals surface area contributed by atoms with Crippen molar-refractivity contribution in [2.45, 2.75) is 19.6 Å². The van der Waals surface area contributed by atoms with Crippen molar-refractivity contribution in [1.29, 1.82) is 0 Å². The molecule has 0 saturated carbocycles. The van der Waals surface area contributed by atoms with E-state index in [0.717, 1.165) is 5.56 Å². The Balaban J connectivity index is 2.06. The maximum Gasteiger partial charge on any atom is 0.407 e. The van der Waals surface area contributed by atoms with Crippen molar-refractivity contribution >= 4 is 6.09 Å². The Hall–Kier alpha value is -1.95. The molecule has 0 radical (unpaired) electrons. The Morgan fingerprint density at radius 1 is 1.47 bits per heavy atom. The van der Waals surface area contributed by atoms with Crippen molar-refractivity contribution in [2.24, 2.45) is 5.73 Å². The van der Waals surface area contributed by atoms with Crippen molar-refractivity contribution in [3.8, 4) is 11.5 Å². The van der Waals surface area contributed by atoms with E-state index in [1.165, 1.54) is 0 Å². The number of hydrogen-bond acceptors (Lipinski definition) is 5. The normalized spacial score (nSPS) is 17.8. The minimum Gasteiger partial charge on any atom is -0.490 e. The highest BCUT2D eigenvalue weighted by molar-refractivity contribution is 5.69. The molecule has 1 aromatic rings. The van der Waals surface area contributed by atoms with Gasteiger partial charge in [0.05, 0.1) is 13.2 Å². The van der Waals surface area contributed by atoms with E-state index in [4.69, 9.17) is 19.9 Å². The molecule has 1 aliphatic rings. The average molecular weight is 266 g/mol. The maximum absolute atomic E-state index is 10.9. The standard InChI is InChI=1S/C13H18N2O4/c1-2-17-11-5-3-4-9(6-14)12(11)18-8-10-7-15-13(16)19-10/h3-5,10H,2,6-8,14H2,1H3,(H,15,16). The first-order valence-corrected chi connectivity index (χ1v) is 6.26. The van der Waals surface area contributed by atoms with Crippen LogP contribution in [0.5, 0.6) is 11.5 Å². The van der Waals surface area contributed by atoms with Crippen LogP contribution in [-0.4, -0.2) is 32.0 Å². The lowest BCUT2D eigenvalue weighted by Crippen LogP contribution is -2.22. The highest BCUT2D eigenvalue weighted by atomic mass is 16.6. The highest BCUT2D eigenvalue weighted by Gasteiger charge is 2.23. The molecule has 1 saturated heterocycles. The zero-order valence-corrected chi connectivity index (χ0v) is 10.8. The summed E-state index contributed by atoms with van der Waals surface area (Å²) in [5.74, 6) is 1.28. The Morgan fingerprint density at radius 2 is 2.32 bits per heavy atom. The van der Waals surface area contributed by atoms with Gasteiger partial charge in [-0.1, -0.05) is 12.1 Å². The summed E-state index contributed by atoms with van der Waals surface area (Å²) in [5.41, 5.74) is 6.55. The minimum absolute atomic E-state index is 0.274. The Bertz CT molecular complexity index is 450. The van der Waals surface area contributed by atoms with Gasteiger partial charge in [-0.25, -0.2) is 4.79 Å². The number of cyclic esters (lactones) is 1. The molecule has 6 nitrogen and oxygen atoms in total. The van der Waals surface area contributed by atoms with Gasteiger partial charge in [-0.05, 0) is 13.0 Å². The second-order valence-electron chi connectivity index (χ2n) is 4.10. The van der Waals surface area contributed by atoms with Gasteiger partial charge >= 0.3 is 6.09 Å². The monoisotopic (exact) mass is 266 g/mol. The van der Waals surface area contributed by atoms with Gasteiger partial charge in [0.1, 0.15) is 6.61 Å². The number of nitrogens with one attached hydrogen (secondary N) is 1. The molecule has 3 N–H and O–H groups in total.